The Hall–Kier alpha value is -0.470. The number of aryl methyl sites for hydroxylation is 1. The first-order valence-corrected chi connectivity index (χ1v) is 6.63. The second kappa shape index (κ2) is 6.91. The van der Waals surface area contributed by atoms with E-state index in [0.717, 1.165) is 19.4 Å². The maximum Gasteiger partial charge on any atom is 0.0104 e. The van der Waals surface area contributed by atoms with Crippen LogP contribution in [-0.2, 0) is 6.42 Å². The second-order valence-electron chi connectivity index (χ2n) is 3.72. The molecule has 2 heteroatoms. The molecule has 0 fully saturated rings. The Morgan fingerprint density at radius 1 is 1.20 bits per heavy atom. The molecule has 1 aromatic carbocycles. The minimum Gasteiger partial charge on any atom is -0.330 e. The Labute approximate surface area is 97.4 Å². The molecule has 0 saturated heterocycles. The fraction of sp³-hybridized carbons (Fsp3) is 0.538. The lowest BCUT2D eigenvalue weighted by molar-refractivity contribution is 0.745. The van der Waals surface area contributed by atoms with Gasteiger partial charge in [0.1, 0.15) is 0 Å². The molecule has 0 bridgehead atoms. The average molecular weight is 223 g/mol. The van der Waals surface area contributed by atoms with Crippen molar-refractivity contribution in [2.75, 3.05) is 6.54 Å². The highest BCUT2D eigenvalue weighted by molar-refractivity contribution is 8.00. The van der Waals surface area contributed by atoms with Crippen molar-refractivity contribution in [1.29, 1.82) is 0 Å². The van der Waals surface area contributed by atoms with Gasteiger partial charge < -0.3 is 5.73 Å². The summed E-state index contributed by atoms with van der Waals surface area (Å²) < 4.78 is 0. The topological polar surface area (TPSA) is 26.0 Å². The van der Waals surface area contributed by atoms with Gasteiger partial charge in [0.15, 0.2) is 0 Å². The van der Waals surface area contributed by atoms with Gasteiger partial charge in [0.25, 0.3) is 0 Å². The number of thioether (sulfide) groups is 1. The van der Waals surface area contributed by atoms with E-state index in [9.17, 15) is 0 Å². The van der Waals surface area contributed by atoms with Crippen LogP contribution in [0.5, 0.6) is 0 Å². The van der Waals surface area contributed by atoms with Crippen LogP contribution in [-0.4, -0.2) is 11.8 Å². The quantitative estimate of drug-likeness (QED) is 0.747. The van der Waals surface area contributed by atoms with Gasteiger partial charge in [-0.1, -0.05) is 26.0 Å². The van der Waals surface area contributed by atoms with Crippen molar-refractivity contribution in [1.82, 2.24) is 0 Å². The van der Waals surface area contributed by atoms with E-state index in [1.165, 1.54) is 16.9 Å². The minimum atomic E-state index is 0.669. The van der Waals surface area contributed by atoms with Crippen molar-refractivity contribution >= 4 is 11.8 Å². The number of benzene rings is 1. The molecule has 1 rings (SSSR count). The van der Waals surface area contributed by atoms with Crippen molar-refractivity contribution in [3.63, 3.8) is 0 Å². The van der Waals surface area contributed by atoms with E-state index < -0.39 is 0 Å². The zero-order valence-corrected chi connectivity index (χ0v) is 10.5. The van der Waals surface area contributed by atoms with E-state index in [-0.39, 0.29) is 0 Å². The molecular weight excluding hydrogens is 202 g/mol. The van der Waals surface area contributed by atoms with Crippen molar-refractivity contribution < 1.29 is 0 Å². The molecule has 0 aliphatic carbocycles. The van der Waals surface area contributed by atoms with Gasteiger partial charge in [-0.15, -0.1) is 11.8 Å². The molecule has 1 unspecified atom stereocenters. The van der Waals surface area contributed by atoms with E-state index in [4.69, 9.17) is 5.73 Å². The largest absolute Gasteiger partial charge is 0.330 e. The smallest absolute Gasteiger partial charge is 0.0104 e. The van der Waals surface area contributed by atoms with Crippen LogP contribution in [0.15, 0.2) is 29.2 Å². The lowest BCUT2D eigenvalue weighted by Gasteiger charge is -2.13. The zero-order chi connectivity index (χ0) is 11.1. The number of rotatable bonds is 6. The van der Waals surface area contributed by atoms with E-state index in [0.29, 0.717) is 5.25 Å². The molecule has 0 radical (unpaired) electrons. The van der Waals surface area contributed by atoms with Gasteiger partial charge in [0.05, 0.1) is 0 Å². The standard InChI is InChI=1S/C13H21NS/c1-3-11-5-7-13(8-6-11)15-12(4-2)9-10-14/h5-8,12H,3-4,9-10,14H2,1-2H3. The monoisotopic (exact) mass is 223 g/mol. The van der Waals surface area contributed by atoms with Crippen LogP contribution in [0.4, 0.5) is 0 Å². The molecule has 0 amide bonds. The first kappa shape index (κ1) is 12.6. The summed E-state index contributed by atoms with van der Waals surface area (Å²) in [6.07, 6.45) is 3.42. The van der Waals surface area contributed by atoms with Gasteiger partial charge in [0, 0.05) is 10.1 Å². The summed E-state index contributed by atoms with van der Waals surface area (Å²) in [5.74, 6) is 0. The van der Waals surface area contributed by atoms with Gasteiger partial charge in [-0.05, 0) is 43.5 Å². The summed E-state index contributed by atoms with van der Waals surface area (Å²) in [7, 11) is 0. The summed E-state index contributed by atoms with van der Waals surface area (Å²) in [6.45, 7) is 5.21. The lowest BCUT2D eigenvalue weighted by atomic mass is 10.2. The summed E-state index contributed by atoms with van der Waals surface area (Å²) in [6, 6.07) is 8.89. The van der Waals surface area contributed by atoms with Crippen LogP contribution in [0.1, 0.15) is 32.3 Å². The normalized spacial score (nSPS) is 12.7. The number of hydrogen-bond acceptors (Lipinski definition) is 2. The molecule has 0 heterocycles. The van der Waals surface area contributed by atoms with Crippen LogP contribution in [0.2, 0.25) is 0 Å². The Kier molecular flexibility index (Phi) is 5.81. The minimum absolute atomic E-state index is 0.669. The van der Waals surface area contributed by atoms with Gasteiger partial charge in [-0.25, -0.2) is 0 Å². The highest BCUT2D eigenvalue weighted by atomic mass is 32.2. The molecule has 0 aromatic heterocycles. The van der Waals surface area contributed by atoms with Crippen molar-refractivity contribution in [2.24, 2.45) is 5.73 Å². The fourth-order valence-corrected chi connectivity index (χ4v) is 2.63. The molecule has 84 valence electrons. The predicted molar refractivity (Wildman–Crippen MR) is 69.4 cm³/mol. The summed E-state index contributed by atoms with van der Waals surface area (Å²) >= 11 is 1.95. The molecule has 1 nitrogen and oxygen atoms in total. The Balaban J connectivity index is 2.55. The molecular formula is C13H21NS. The molecule has 1 aromatic rings. The summed E-state index contributed by atoms with van der Waals surface area (Å²) in [5, 5.41) is 0.669. The first-order valence-electron chi connectivity index (χ1n) is 5.75. The van der Waals surface area contributed by atoms with Crippen LogP contribution < -0.4 is 5.73 Å². The molecule has 0 saturated carbocycles. The van der Waals surface area contributed by atoms with Crippen LogP contribution in [0.3, 0.4) is 0 Å². The van der Waals surface area contributed by atoms with E-state index in [1.54, 1.807) is 0 Å². The average Bonchev–Trinajstić information content (AvgIpc) is 2.29. The number of nitrogens with two attached hydrogens (primary N) is 1. The number of hydrogen-bond donors (Lipinski definition) is 1. The Morgan fingerprint density at radius 3 is 2.33 bits per heavy atom. The Morgan fingerprint density at radius 2 is 1.87 bits per heavy atom. The Bertz CT molecular complexity index is 268. The lowest BCUT2D eigenvalue weighted by Crippen LogP contribution is -2.09. The molecule has 1 atom stereocenters. The molecule has 2 N–H and O–H groups in total. The maximum atomic E-state index is 5.59. The van der Waals surface area contributed by atoms with E-state index in [2.05, 4.69) is 38.1 Å². The molecule has 0 aliphatic rings. The third-order valence-corrected chi connectivity index (χ3v) is 4.03. The van der Waals surface area contributed by atoms with Crippen LogP contribution >= 0.6 is 11.8 Å². The van der Waals surface area contributed by atoms with Crippen LogP contribution in [0, 0.1) is 0 Å². The molecule has 0 aliphatic heterocycles. The SMILES string of the molecule is CCc1ccc(SC(CC)CCN)cc1. The second-order valence-corrected chi connectivity index (χ2v) is 5.10. The molecule has 15 heavy (non-hydrogen) atoms. The van der Waals surface area contributed by atoms with Crippen molar-refractivity contribution in [3.05, 3.63) is 29.8 Å². The summed E-state index contributed by atoms with van der Waals surface area (Å²) in [4.78, 5) is 1.37. The van der Waals surface area contributed by atoms with Gasteiger partial charge in [-0.3, -0.25) is 0 Å². The van der Waals surface area contributed by atoms with Gasteiger partial charge in [0.2, 0.25) is 0 Å². The fourth-order valence-electron chi connectivity index (χ4n) is 1.53. The summed E-state index contributed by atoms with van der Waals surface area (Å²) in [5.41, 5.74) is 7.00. The zero-order valence-electron chi connectivity index (χ0n) is 9.70. The van der Waals surface area contributed by atoms with Crippen LogP contribution in [0.25, 0.3) is 0 Å². The maximum absolute atomic E-state index is 5.59. The van der Waals surface area contributed by atoms with E-state index in [1.807, 2.05) is 11.8 Å². The van der Waals surface area contributed by atoms with Gasteiger partial charge >= 0.3 is 0 Å². The van der Waals surface area contributed by atoms with Crippen molar-refractivity contribution in [2.45, 2.75) is 43.3 Å². The first-order chi connectivity index (χ1) is 7.30. The van der Waals surface area contributed by atoms with E-state index >= 15 is 0 Å². The predicted octanol–water partition coefficient (Wildman–Crippen LogP) is 3.47. The van der Waals surface area contributed by atoms with Crippen molar-refractivity contribution in [3.8, 4) is 0 Å². The third-order valence-electron chi connectivity index (χ3n) is 2.58. The third kappa shape index (κ3) is 4.27. The highest BCUT2D eigenvalue weighted by Gasteiger charge is 2.06. The highest BCUT2D eigenvalue weighted by Crippen LogP contribution is 2.27. The molecule has 0 spiro atoms. The van der Waals surface area contributed by atoms with Gasteiger partial charge in [-0.2, -0.15) is 0 Å².